The van der Waals surface area contributed by atoms with Gasteiger partial charge in [-0.1, -0.05) is 72.8 Å². The third kappa shape index (κ3) is 5.30. The Labute approximate surface area is 309 Å². The first kappa shape index (κ1) is 32.5. The Hall–Kier alpha value is -4.18. The molecule has 4 aromatic carbocycles. The smallest absolute Gasteiger partial charge is 0.139 e. The predicted octanol–water partition coefficient (Wildman–Crippen LogP) is 10.7. The second-order valence-corrected chi connectivity index (χ2v) is 17.2. The maximum atomic E-state index is 14.5. The number of nitrogens with zero attached hydrogens (tertiary/aromatic N) is 2. The molecule has 0 bridgehead atoms. The van der Waals surface area contributed by atoms with Gasteiger partial charge in [-0.05, 0) is 148 Å². The minimum absolute atomic E-state index is 0.176. The van der Waals surface area contributed by atoms with Crippen LogP contribution in [0.1, 0.15) is 64.2 Å². The number of anilines is 4. The van der Waals surface area contributed by atoms with Gasteiger partial charge in [-0.25, -0.2) is 0 Å². The summed E-state index contributed by atoms with van der Waals surface area (Å²) in [5.74, 6) is 5.31. The van der Waals surface area contributed by atoms with Crippen molar-refractivity contribution < 1.29 is 9.59 Å². The Kier molecular flexibility index (Phi) is 8.33. The van der Waals surface area contributed by atoms with Gasteiger partial charge in [-0.2, -0.15) is 0 Å². The zero-order valence-electron chi connectivity index (χ0n) is 30.3. The minimum Gasteiger partial charge on any atom is -0.338 e. The number of Topliss-reactive ketones (excluding diaryl/α,β-unsaturated/α-hetero) is 2. The number of carbonyl (C=O) groups excluding carboxylic acids is 2. The van der Waals surface area contributed by atoms with Crippen molar-refractivity contribution in [1.82, 2.24) is 0 Å². The van der Waals surface area contributed by atoms with Crippen LogP contribution in [0.2, 0.25) is 0 Å². The monoisotopic (exact) mass is 688 g/mol. The summed E-state index contributed by atoms with van der Waals surface area (Å²) in [5, 5.41) is 0. The lowest BCUT2D eigenvalue weighted by molar-refractivity contribution is -0.129. The highest BCUT2D eigenvalue weighted by atomic mass is 16.1. The zero-order valence-corrected chi connectivity index (χ0v) is 30.3. The first-order valence-electron chi connectivity index (χ1n) is 20.5. The summed E-state index contributed by atoms with van der Waals surface area (Å²) >= 11 is 0. The van der Waals surface area contributed by atoms with E-state index in [-0.39, 0.29) is 23.7 Å². The van der Waals surface area contributed by atoms with Crippen LogP contribution >= 0.6 is 0 Å². The number of fused-ring (bicyclic) bond motifs is 9. The third-order valence-electron chi connectivity index (χ3n) is 15.2. The zero-order chi connectivity index (χ0) is 34.8. The van der Waals surface area contributed by atoms with Gasteiger partial charge in [-0.3, -0.25) is 9.59 Å². The number of hydrogen-bond acceptors (Lipinski definition) is 4. The average molecular weight is 689 g/mol. The van der Waals surface area contributed by atoms with Crippen LogP contribution in [-0.4, -0.2) is 23.7 Å². The van der Waals surface area contributed by atoms with Gasteiger partial charge in [0, 0.05) is 58.5 Å². The van der Waals surface area contributed by atoms with Crippen molar-refractivity contribution in [3.8, 4) is 0 Å². The SMILES string of the molecule is O=C1C2CC(N(c3ccccc3)c3ccccc3)CCC2C2C1CCC1C2CCC2C(=O)C3CC(N(c4ccccc4)c4ccccc4)CCC3C21. The van der Waals surface area contributed by atoms with E-state index in [4.69, 9.17) is 0 Å². The lowest BCUT2D eigenvalue weighted by Crippen LogP contribution is -2.47. The molecule has 10 rings (SSSR count). The van der Waals surface area contributed by atoms with Crippen molar-refractivity contribution >= 4 is 34.3 Å². The molecule has 0 spiro atoms. The van der Waals surface area contributed by atoms with E-state index in [1.54, 1.807) is 0 Å². The average Bonchev–Trinajstić information content (AvgIpc) is 3.66. The number of para-hydroxylation sites is 4. The molecule has 6 fully saturated rings. The molecule has 0 aliphatic heterocycles. The van der Waals surface area contributed by atoms with Crippen LogP contribution in [0.15, 0.2) is 121 Å². The van der Waals surface area contributed by atoms with Crippen molar-refractivity contribution in [2.24, 2.45) is 59.2 Å². The summed E-state index contributed by atoms with van der Waals surface area (Å²) in [5.41, 5.74) is 4.90. The third-order valence-corrected chi connectivity index (χ3v) is 15.2. The fourth-order valence-electron chi connectivity index (χ4n) is 13.4. The van der Waals surface area contributed by atoms with Crippen molar-refractivity contribution in [3.63, 3.8) is 0 Å². The molecule has 12 atom stereocenters. The lowest BCUT2D eigenvalue weighted by atomic mass is 9.53. The van der Waals surface area contributed by atoms with Crippen LogP contribution in [0.4, 0.5) is 22.7 Å². The Bertz CT molecular complexity index is 1660. The fraction of sp³-hybridized carbons (Fsp3) is 0.458. The highest BCUT2D eigenvalue weighted by Crippen LogP contribution is 2.65. The molecule has 266 valence electrons. The largest absolute Gasteiger partial charge is 0.338 e. The van der Waals surface area contributed by atoms with E-state index < -0.39 is 0 Å². The Morgan fingerprint density at radius 3 is 0.981 bits per heavy atom. The highest BCUT2D eigenvalue weighted by Gasteiger charge is 2.63. The summed E-state index contributed by atoms with van der Waals surface area (Å²) < 4.78 is 0. The van der Waals surface area contributed by atoms with E-state index in [9.17, 15) is 9.59 Å². The van der Waals surface area contributed by atoms with Crippen LogP contribution in [0.5, 0.6) is 0 Å². The molecule has 0 amide bonds. The van der Waals surface area contributed by atoms with Gasteiger partial charge >= 0.3 is 0 Å². The maximum absolute atomic E-state index is 14.5. The summed E-state index contributed by atoms with van der Waals surface area (Å²) in [6.45, 7) is 0. The van der Waals surface area contributed by atoms with Crippen molar-refractivity contribution in [2.75, 3.05) is 9.80 Å². The molecule has 12 unspecified atom stereocenters. The molecule has 0 aromatic heterocycles. The molecule has 0 N–H and O–H groups in total. The molecule has 4 heteroatoms. The van der Waals surface area contributed by atoms with Gasteiger partial charge < -0.3 is 9.80 Å². The minimum atomic E-state index is 0.176. The van der Waals surface area contributed by atoms with Gasteiger partial charge in [0.15, 0.2) is 0 Å². The summed E-state index contributed by atoms with van der Waals surface area (Å²) in [7, 11) is 0. The number of ketones is 2. The molecular formula is C48H52N2O2. The van der Waals surface area contributed by atoms with Crippen molar-refractivity contribution in [2.45, 2.75) is 76.3 Å². The van der Waals surface area contributed by atoms with Gasteiger partial charge in [0.25, 0.3) is 0 Å². The van der Waals surface area contributed by atoms with Crippen LogP contribution in [0, 0.1) is 59.2 Å². The highest BCUT2D eigenvalue weighted by molar-refractivity contribution is 5.88. The van der Waals surface area contributed by atoms with Gasteiger partial charge in [-0.15, -0.1) is 0 Å². The molecule has 0 heterocycles. The van der Waals surface area contributed by atoms with Crippen LogP contribution in [-0.2, 0) is 9.59 Å². The second-order valence-electron chi connectivity index (χ2n) is 17.2. The predicted molar refractivity (Wildman–Crippen MR) is 209 cm³/mol. The van der Waals surface area contributed by atoms with Gasteiger partial charge in [0.05, 0.1) is 0 Å². The first-order chi connectivity index (χ1) is 25.7. The van der Waals surface area contributed by atoms with Gasteiger partial charge in [0.2, 0.25) is 0 Å². The number of carbonyl (C=O) groups is 2. The lowest BCUT2D eigenvalue weighted by Gasteiger charge is -2.51. The second kappa shape index (κ2) is 13.3. The standard InChI is InChI=1S/C48H52N2O2/c51-47-41-27-25-38-37(45(41)39-23-21-35(29-43(39)47)49(31-13-5-1-6-14-31)32-15-7-2-8-16-32)26-28-42-46(38)40-24-22-36(30-44(40)48(42)52)50(33-17-9-3-10-18-33)34-19-11-4-12-20-34/h1-20,35-46H,21-30H2. The molecule has 6 saturated carbocycles. The number of hydrogen-bond donors (Lipinski definition) is 0. The normalized spacial score (nSPS) is 36.2. The molecule has 0 saturated heterocycles. The van der Waals surface area contributed by atoms with Crippen LogP contribution in [0.25, 0.3) is 0 Å². The molecule has 52 heavy (non-hydrogen) atoms. The molecule has 4 nitrogen and oxygen atoms in total. The molecular weight excluding hydrogens is 637 g/mol. The van der Waals surface area contributed by atoms with E-state index in [2.05, 4.69) is 131 Å². The quantitative estimate of drug-likeness (QED) is 0.202. The van der Waals surface area contributed by atoms with Crippen molar-refractivity contribution in [1.29, 1.82) is 0 Å². The molecule has 4 aromatic rings. The van der Waals surface area contributed by atoms with E-state index in [1.807, 2.05) is 0 Å². The van der Waals surface area contributed by atoms with E-state index >= 15 is 0 Å². The summed E-state index contributed by atoms with van der Waals surface area (Å²) in [6.07, 6.45) is 10.9. The fourth-order valence-corrected chi connectivity index (χ4v) is 13.4. The number of benzene rings is 4. The number of rotatable bonds is 6. The van der Waals surface area contributed by atoms with Gasteiger partial charge in [0.1, 0.15) is 11.6 Å². The molecule has 6 aliphatic carbocycles. The van der Waals surface area contributed by atoms with E-state index in [0.29, 0.717) is 59.2 Å². The summed E-state index contributed by atoms with van der Waals surface area (Å²) in [6, 6.07) is 43.9. The van der Waals surface area contributed by atoms with Crippen molar-refractivity contribution in [3.05, 3.63) is 121 Å². The summed E-state index contributed by atoms with van der Waals surface area (Å²) in [4.78, 5) is 34.0. The Morgan fingerprint density at radius 1 is 0.346 bits per heavy atom. The molecule has 6 aliphatic rings. The van der Waals surface area contributed by atoms with Crippen LogP contribution in [0.3, 0.4) is 0 Å². The maximum Gasteiger partial charge on any atom is 0.139 e. The molecule has 0 radical (unpaired) electrons. The van der Waals surface area contributed by atoms with E-state index in [1.165, 1.54) is 22.7 Å². The Morgan fingerprint density at radius 2 is 0.654 bits per heavy atom. The van der Waals surface area contributed by atoms with E-state index in [0.717, 1.165) is 64.2 Å². The Balaban J connectivity index is 0.888. The first-order valence-corrected chi connectivity index (χ1v) is 20.5. The topological polar surface area (TPSA) is 40.6 Å². The van der Waals surface area contributed by atoms with Crippen LogP contribution < -0.4 is 9.80 Å².